The van der Waals surface area contributed by atoms with Crippen molar-refractivity contribution in [3.63, 3.8) is 0 Å². The summed E-state index contributed by atoms with van der Waals surface area (Å²) in [6.45, 7) is 8.99. The van der Waals surface area contributed by atoms with E-state index in [1.54, 1.807) is 0 Å². The standard InChI is InChI=1S/C24H28N2O2/c1-16-13-17-9-5-7-11-20(17)26(16)23(28)18-14-22(27)25(15-18)21-12-8-6-10-19(21)24(2,3)4/h5-12,16,18H,13-15H2,1-4H3. The quantitative estimate of drug-likeness (QED) is 0.783. The summed E-state index contributed by atoms with van der Waals surface area (Å²) in [5, 5.41) is 0. The highest BCUT2D eigenvalue weighted by atomic mass is 16.2. The summed E-state index contributed by atoms with van der Waals surface area (Å²) in [6, 6.07) is 16.3. The molecule has 0 aliphatic carbocycles. The van der Waals surface area contributed by atoms with Crippen LogP contribution in [0.5, 0.6) is 0 Å². The lowest BCUT2D eigenvalue weighted by Gasteiger charge is -2.28. The highest BCUT2D eigenvalue weighted by molar-refractivity contribution is 6.05. The van der Waals surface area contributed by atoms with Gasteiger partial charge in [0, 0.05) is 30.4 Å². The number of para-hydroxylation sites is 2. The minimum atomic E-state index is -0.297. The molecule has 2 aliphatic heterocycles. The third kappa shape index (κ3) is 3.11. The van der Waals surface area contributed by atoms with E-state index in [4.69, 9.17) is 0 Å². The SMILES string of the molecule is CC1Cc2ccccc2N1C(=O)C1CC(=O)N(c2ccccc2C(C)(C)C)C1. The number of amides is 2. The van der Waals surface area contributed by atoms with E-state index in [1.165, 1.54) is 5.56 Å². The van der Waals surface area contributed by atoms with Crippen LogP contribution in [0.2, 0.25) is 0 Å². The number of fused-ring (bicyclic) bond motifs is 1. The van der Waals surface area contributed by atoms with Crippen molar-refractivity contribution in [3.8, 4) is 0 Å². The van der Waals surface area contributed by atoms with Crippen LogP contribution in [0.4, 0.5) is 11.4 Å². The lowest BCUT2D eigenvalue weighted by molar-refractivity contribution is -0.124. The topological polar surface area (TPSA) is 40.6 Å². The van der Waals surface area contributed by atoms with Gasteiger partial charge < -0.3 is 9.80 Å². The Balaban J connectivity index is 1.61. The first-order valence-electron chi connectivity index (χ1n) is 10.1. The van der Waals surface area contributed by atoms with Gasteiger partial charge >= 0.3 is 0 Å². The highest BCUT2D eigenvalue weighted by Crippen LogP contribution is 2.38. The molecule has 4 heteroatoms. The molecule has 2 atom stereocenters. The molecule has 2 aromatic rings. The second-order valence-corrected chi connectivity index (χ2v) is 9.06. The van der Waals surface area contributed by atoms with Gasteiger partial charge in [0.1, 0.15) is 0 Å². The summed E-state index contributed by atoms with van der Waals surface area (Å²) in [6.07, 6.45) is 1.15. The molecular formula is C24H28N2O2. The van der Waals surface area contributed by atoms with Crippen molar-refractivity contribution >= 4 is 23.2 Å². The monoisotopic (exact) mass is 376 g/mol. The van der Waals surface area contributed by atoms with Gasteiger partial charge in [-0.15, -0.1) is 0 Å². The highest BCUT2D eigenvalue weighted by Gasteiger charge is 2.41. The zero-order valence-corrected chi connectivity index (χ0v) is 17.1. The molecule has 0 N–H and O–H groups in total. The molecule has 2 aliphatic rings. The van der Waals surface area contributed by atoms with Crippen LogP contribution in [0.3, 0.4) is 0 Å². The van der Waals surface area contributed by atoms with E-state index >= 15 is 0 Å². The van der Waals surface area contributed by atoms with Gasteiger partial charge in [0.25, 0.3) is 0 Å². The molecule has 2 amide bonds. The first kappa shape index (κ1) is 18.7. The summed E-state index contributed by atoms with van der Waals surface area (Å²) in [5.74, 6) is -0.189. The predicted octanol–water partition coefficient (Wildman–Crippen LogP) is 4.31. The van der Waals surface area contributed by atoms with Gasteiger partial charge in [-0.3, -0.25) is 9.59 Å². The summed E-state index contributed by atoms with van der Waals surface area (Å²) in [5.41, 5.74) is 4.21. The number of nitrogens with zero attached hydrogens (tertiary/aromatic N) is 2. The second-order valence-electron chi connectivity index (χ2n) is 9.06. The lowest BCUT2D eigenvalue weighted by atomic mass is 9.85. The Hall–Kier alpha value is -2.62. The van der Waals surface area contributed by atoms with Crippen molar-refractivity contribution in [1.82, 2.24) is 0 Å². The van der Waals surface area contributed by atoms with Crippen LogP contribution in [0, 0.1) is 5.92 Å². The molecule has 4 nitrogen and oxygen atoms in total. The number of rotatable bonds is 2. The molecule has 28 heavy (non-hydrogen) atoms. The second kappa shape index (κ2) is 6.77. The molecule has 0 bridgehead atoms. The average Bonchev–Trinajstić information content (AvgIpc) is 3.19. The van der Waals surface area contributed by atoms with Gasteiger partial charge in [-0.25, -0.2) is 0 Å². The van der Waals surface area contributed by atoms with Crippen molar-refractivity contribution in [3.05, 3.63) is 59.7 Å². The lowest BCUT2D eigenvalue weighted by Crippen LogP contribution is -2.41. The van der Waals surface area contributed by atoms with E-state index in [-0.39, 0.29) is 35.6 Å². The molecular weight excluding hydrogens is 348 g/mol. The largest absolute Gasteiger partial charge is 0.311 e. The van der Waals surface area contributed by atoms with E-state index in [1.807, 2.05) is 46.2 Å². The third-order valence-corrected chi connectivity index (χ3v) is 5.92. The fourth-order valence-corrected chi connectivity index (χ4v) is 4.55. The summed E-state index contributed by atoms with van der Waals surface area (Å²) in [7, 11) is 0. The molecule has 0 saturated carbocycles. The Bertz CT molecular complexity index is 928. The molecule has 4 rings (SSSR count). The van der Waals surface area contributed by atoms with Crippen molar-refractivity contribution in [2.24, 2.45) is 5.92 Å². The van der Waals surface area contributed by atoms with Gasteiger partial charge in [0.2, 0.25) is 11.8 Å². The van der Waals surface area contributed by atoms with Gasteiger partial charge in [0.15, 0.2) is 0 Å². The zero-order valence-electron chi connectivity index (χ0n) is 17.1. The summed E-state index contributed by atoms with van der Waals surface area (Å²) < 4.78 is 0. The normalized spacial score (nSPS) is 21.9. The molecule has 2 aromatic carbocycles. The van der Waals surface area contributed by atoms with E-state index in [2.05, 4.69) is 39.8 Å². The van der Waals surface area contributed by atoms with Gasteiger partial charge in [-0.2, -0.15) is 0 Å². The first-order valence-corrected chi connectivity index (χ1v) is 10.1. The van der Waals surface area contributed by atoms with E-state index in [0.717, 1.165) is 23.4 Å². The van der Waals surface area contributed by atoms with Crippen molar-refractivity contribution in [1.29, 1.82) is 0 Å². The molecule has 2 heterocycles. The number of anilines is 2. The Morgan fingerprint density at radius 1 is 0.964 bits per heavy atom. The van der Waals surface area contributed by atoms with Crippen LogP contribution in [0.1, 0.15) is 45.2 Å². The molecule has 1 saturated heterocycles. The molecule has 0 aromatic heterocycles. The predicted molar refractivity (Wildman–Crippen MR) is 113 cm³/mol. The van der Waals surface area contributed by atoms with Crippen LogP contribution in [0.25, 0.3) is 0 Å². The number of benzene rings is 2. The van der Waals surface area contributed by atoms with Crippen LogP contribution in [-0.4, -0.2) is 24.4 Å². The van der Waals surface area contributed by atoms with Crippen LogP contribution >= 0.6 is 0 Å². The molecule has 146 valence electrons. The Labute approximate surface area is 167 Å². The van der Waals surface area contributed by atoms with Crippen molar-refractivity contribution in [2.45, 2.75) is 52.0 Å². The van der Waals surface area contributed by atoms with Crippen LogP contribution in [0.15, 0.2) is 48.5 Å². The maximum Gasteiger partial charge on any atom is 0.232 e. The molecule has 2 unspecified atom stereocenters. The average molecular weight is 377 g/mol. The molecule has 0 spiro atoms. The van der Waals surface area contributed by atoms with E-state index in [9.17, 15) is 9.59 Å². The van der Waals surface area contributed by atoms with Crippen molar-refractivity contribution < 1.29 is 9.59 Å². The van der Waals surface area contributed by atoms with E-state index < -0.39 is 0 Å². The smallest absolute Gasteiger partial charge is 0.232 e. The number of carbonyl (C=O) groups is 2. The Morgan fingerprint density at radius 3 is 2.32 bits per heavy atom. The molecule has 0 radical (unpaired) electrons. The summed E-state index contributed by atoms with van der Waals surface area (Å²) in [4.78, 5) is 30.0. The maximum atomic E-state index is 13.4. The summed E-state index contributed by atoms with van der Waals surface area (Å²) >= 11 is 0. The Kier molecular flexibility index (Phi) is 4.53. The minimum Gasteiger partial charge on any atom is -0.311 e. The molecule has 1 fully saturated rings. The van der Waals surface area contributed by atoms with Gasteiger partial charge in [-0.1, -0.05) is 57.2 Å². The fourth-order valence-electron chi connectivity index (χ4n) is 4.55. The fraction of sp³-hybridized carbons (Fsp3) is 0.417. The van der Waals surface area contributed by atoms with Gasteiger partial charge in [0.05, 0.1) is 5.92 Å². The van der Waals surface area contributed by atoms with E-state index in [0.29, 0.717) is 6.54 Å². The van der Waals surface area contributed by atoms with Crippen LogP contribution in [-0.2, 0) is 21.4 Å². The van der Waals surface area contributed by atoms with Crippen molar-refractivity contribution in [2.75, 3.05) is 16.3 Å². The number of carbonyl (C=O) groups excluding carboxylic acids is 2. The maximum absolute atomic E-state index is 13.4. The number of hydrogen-bond donors (Lipinski definition) is 0. The Morgan fingerprint density at radius 2 is 1.61 bits per heavy atom. The first-order chi connectivity index (χ1) is 13.3. The minimum absolute atomic E-state index is 0.0372. The van der Waals surface area contributed by atoms with Crippen LogP contribution < -0.4 is 9.80 Å². The van der Waals surface area contributed by atoms with Gasteiger partial charge in [-0.05, 0) is 42.0 Å². The number of hydrogen-bond acceptors (Lipinski definition) is 2. The zero-order chi connectivity index (χ0) is 20.1. The third-order valence-electron chi connectivity index (χ3n) is 5.92.